The summed E-state index contributed by atoms with van der Waals surface area (Å²) in [5.74, 6) is -0.862. The van der Waals surface area contributed by atoms with Crippen molar-refractivity contribution in [3.63, 3.8) is 0 Å². The normalized spacial score (nSPS) is 11.6. The number of sulfonamides is 1. The highest BCUT2D eigenvalue weighted by molar-refractivity contribution is 7.89. The Hall–Kier alpha value is -1.38. The second kappa shape index (κ2) is 5.80. The Morgan fingerprint density at radius 1 is 1.47 bits per heavy atom. The van der Waals surface area contributed by atoms with Crippen LogP contribution in [0.4, 0.5) is 0 Å². The number of carboxylic acids is 1. The topological polar surface area (TPSA) is 109 Å². The molecule has 0 atom stereocenters. The largest absolute Gasteiger partial charge is 0.475 e. The number of nitrogens with one attached hydrogen (secondary N) is 2. The van der Waals surface area contributed by atoms with Crippen molar-refractivity contribution in [1.29, 1.82) is 0 Å². The van der Waals surface area contributed by atoms with Gasteiger partial charge in [0.1, 0.15) is 5.76 Å². The van der Waals surface area contributed by atoms with E-state index in [2.05, 4.69) is 10.0 Å². The van der Waals surface area contributed by atoms with Crippen LogP contribution >= 0.6 is 0 Å². The van der Waals surface area contributed by atoms with Crippen LogP contribution in [0, 0.1) is 0 Å². The van der Waals surface area contributed by atoms with Crippen molar-refractivity contribution in [3.05, 3.63) is 23.7 Å². The molecule has 1 aromatic rings. The zero-order valence-electron chi connectivity index (χ0n) is 9.26. The SMILES string of the molecule is CNS(=O)(=O)CCNCc1ccc(C(=O)O)o1. The Balaban J connectivity index is 2.34. The molecule has 0 saturated heterocycles. The van der Waals surface area contributed by atoms with Gasteiger partial charge >= 0.3 is 5.97 Å². The summed E-state index contributed by atoms with van der Waals surface area (Å²) in [7, 11) is -1.87. The molecule has 7 nitrogen and oxygen atoms in total. The van der Waals surface area contributed by atoms with Crippen molar-refractivity contribution < 1.29 is 22.7 Å². The lowest BCUT2D eigenvalue weighted by atomic mass is 10.4. The van der Waals surface area contributed by atoms with Crippen molar-refractivity contribution in [3.8, 4) is 0 Å². The van der Waals surface area contributed by atoms with Gasteiger partial charge in [0.15, 0.2) is 0 Å². The average Bonchev–Trinajstić information content (AvgIpc) is 2.73. The van der Waals surface area contributed by atoms with Crippen molar-refractivity contribution in [2.45, 2.75) is 6.54 Å². The molecule has 17 heavy (non-hydrogen) atoms. The molecule has 0 bridgehead atoms. The van der Waals surface area contributed by atoms with Crippen LogP contribution in [0.25, 0.3) is 0 Å². The molecule has 0 amide bonds. The van der Waals surface area contributed by atoms with Gasteiger partial charge in [0.05, 0.1) is 12.3 Å². The Labute approximate surface area is 98.9 Å². The summed E-state index contributed by atoms with van der Waals surface area (Å²) >= 11 is 0. The molecule has 1 aromatic heterocycles. The van der Waals surface area contributed by atoms with Crippen LogP contribution in [-0.2, 0) is 16.6 Å². The van der Waals surface area contributed by atoms with Crippen LogP contribution in [0.1, 0.15) is 16.3 Å². The average molecular weight is 262 g/mol. The fraction of sp³-hybridized carbons (Fsp3) is 0.444. The van der Waals surface area contributed by atoms with Crippen LogP contribution in [0.3, 0.4) is 0 Å². The van der Waals surface area contributed by atoms with Crippen LogP contribution in [0.15, 0.2) is 16.5 Å². The molecule has 96 valence electrons. The lowest BCUT2D eigenvalue weighted by Gasteiger charge is -2.03. The second-order valence-electron chi connectivity index (χ2n) is 3.27. The molecule has 8 heteroatoms. The number of rotatable bonds is 7. The van der Waals surface area contributed by atoms with Crippen molar-refractivity contribution in [2.75, 3.05) is 19.3 Å². The van der Waals surface area contributed by atoms with Gasteiger partial charge in [0, 0.05) is 6.54 Å². The molecule has 0 aromatic carbocycles. The van der Waals surface area contributed by atoms with Crippen LogP contribution in [0.5, 0.6) is 0 Å². The third kappa shape index (κ3) is 4.55. The lowest BCUT2D eigenvalue weighted by molar-refractivity contribution is 0.0660. The minimum absolute atomic E-state index is 0.0456. The van der Waals surface area contributed by atoms with E-state index < -0.39 is 16.0 Å². The second-order valence-corrected chi connectivity index (χ2v) is 5.32. The quantitative estimate of drug-likeness (QED) is 0.578. The molecule has 0 unspecified atom stereocenters. The van der Waals surface area contributed by atoms with E-state index >= 15 is 0 Å². The van der Waals surface area contributed by atoms with Gasteiger partial charge < -0.3 is 14.8 Å². The molecule has 1 heterocycles. The molecule has 0 aliphatic heterocycles. The number of hydrogen-bond donors (Lipinski definition) is 3. The summed E-state index contributed by atoms with van der Waals surface area (Å²) in [4.78, 5) is 10.5. The Morgan fingerprint density at radius 2 is 2.18 bits per heavy atom. The van der Waals surface area contributed by atoms with Crippen molar-refractivity contribution >= 4 is 16.0 Å². The third-order valence-corrected chi connectivity index (χ3v) is 3.39. The summed E-state index contributed by atoms with van der Waals surface area (Å²) in [5, 5.41) is 11.4. The molecule has 0 radical (unpaired) electrons. The molecular weight excluding hydrogens is 248 g/mol. The van der Waals surface area contributed by atoms with Gasteiger partial charge in [-0.15, -0.1) is 0 Å². The summed E-state index contributed by atoms with van der Waals surface area (Å²) in [6.07, 6.45) is 0. The van der Waals surface area contributed by atoms with Crippen LogP contribution < -0.4 is 10.0 Å². The number of hydrogen-bond acceptors (Lipinski definition) is 5. The molecule has 1 rings (SSSR count). The Morgan fingerprint density at radius 3 is 2.71 bits per heavy atom. The predicted octanol–water partition coefficient (Wildman–Crippen LogP) is -0.383. The Kier molecular flexibility index (Phi) is 4.67. The molecule has 0 saturated carbocycles. The van der Waals surface area contributed by atoms with Gasteiger partial charge in [0.2, 0.25) is 15.8 Å². The van der Waals surface area contributed by atoms with E-state index in [0.717, 1.165) is 0 Å². The maximum atomic E-state index is 11.1. The fourth-order valence-electron chi connectivity index (χ4n) is 1.11. The monoisotopic (exact) mass is 262 g/mol. The molecule has 3 N–H and O–H groups in total. The van der Waals surface area contributed by atoms with Crippen LogP contribution in [0.2, 0.25) is 0 Å². The summed E-state index contributed by atoms with van der Waals surface area (Å²) < 4.78 is 29.3. The fourth-order valence-corrected chi connectivity index (χ4v) is 1.73. The van der Waals surface area contributed by atoms with Gasteiger partial charge in [-0.05, 0) is 19.2 Å². The maximum Gasteiger partial charge on any atom is 0.371 e. The number of aromatic carboxylic acids is 1. The van der Waals surface area contributed by atoms with E-state index in [0.29, 0.717) is 5.76 Å². The third-order valence-electron chi connectivity index (χ3n) is 2.03. The van der Waals surface area contributed by atoms with E-state index in [1.165, 1.54) is 19.2 Å². The first-order chi connectivity index (χ1) is 7.94. The van der Waals surface area contributed by atoms with Crippen molar-refractivity contribution in [2.24, 2.45) is 0 Å². The first-order valence-electron chi connectivity index (χ1n) is 4.88. The van der Waals surface area contributed by atoms with Crippen LogP contribution in [-0.4, -0.2) is 38.8 Å². The molecular formula is C9H14N2O5S. The van der Waals surface area contributed by atoms with Gasteiger partial charge in [0.25, 0.3) is 0 Å². The summed E-state index contributed by atoms with van der Waals surface area (Å²) in [6.45, 7) is 0.540. The van der Waals surface area contributed by atoms with Gasteiger partial charge in [-0.25, -0.2) is 17.9 Å². The van der Waals surface area contributed by atoms with Crippen molar-refractivity contribution in [1.82, 2.24) is 10.0 Å². The Bertz CT molecular complexity index is 479. The highest BCUT2D eigenvalue weighted by atomic mass is 32.2. The minimum atomic E-state index is -3.22. The smallest absolute Gasteiger partial charge is 0.371 e. The van der Waals surface area contributed by atoms with E-state index in [9.17, 15) is 13.2 Å². The van der Waals surface area contributed by atoms with E-state index in [1.54, 1.807) is 0 Å². The standard InChI is InChI=1S/C9H14N2O5S/c1-10-17(14,15)5-4-11-6-7-2-3-8(16-7)9(12)13/h2-3,10-11H,4-6H2,1H3,(H,12,13). The maximum absolute atomic E-state index is 11.1. The zero-order chi connectivity index (χ0) is 12.9. The van der Waals surface area contributed by atoms with Gasteiger partial charge in [-0.3, -0.25) is 0 Å². The highest BCUT2D eigenvalue weighted by Gasteiger charge is 2.09. The number of carbonyl (C=O) groups is 1. The summed E-state index contributed by atoms with van der Waals surface area (Å²) in [6, 6.07) is 2.88. The first-order valence-corrected chi connectivity index (χ1v) is 6.54. The van der Waals surface area contributed by atoms with E-state index in [1.807, 2.05) is 0 Å². The molecule has 0 aliphatic carbocycles. The predicted molar refractivity (Wildman–Crippen MR) is 60.2 cm³/mol. The number of carboxylic acid groups (broad SMARTS) is 1. The molecule has 0 fully saturated rings. The lowest BCUT2D eigenvalue weighted by Crippen LogP contribution is -2.29. The zero-order valence-corrected chi connectivity index (χ0v) is 10.1. The minimum Gasteiger partial charge on any atom is -0.475 e. The first kappa shape index (κ1) is 13.7. The van der Waals surface area contributed by atoms with E-state index in [4.69, 9.17) is 9.52 Å². The number of furan rings is 1. The van der Waals surface area contributed by atoms with Gasteiger partial charge in [-0.1, -0.05) is 0 Å². The summed E-state index contributed by atoms with van der Waals surface area (Å²) in [5.41, 5.74) is 0. The highest BCUT2D eigenvalue weighted by Crippen LogP contribution is 2.07. The van der Waals surface area contributed by atoms with E-state index in [-0.39, 0.29) is 24.6 Å². The molecule has 0 aliphatic rings. The molecule has 0 spiro atoms. The van der Waals surface area contributed by atoms with Gasteiger partial charge in [-0.2, -0.15) is 0 Å².